The fourth-order valence-electron chi connectivity index (χ4n) is 2.98. The summed E-state index contributed by atoms with van der Waals surface area (Å²) in [5.74, 6) is -1.04. The molecule has 1 atom stereocenters. The molecule has 1 saturated heterocycles. The SMILES string of the molecule is CC(C)(C)C(=O)NCc1ccc(C(=O)N2CCCC(C)(C(=O)O)C2)cc1. The minimum atomic E-state index is -0.884. The molecule has 1 unspecified atom stereocenters. The van der Waals surface area contributed by atoms with Gasteiger partial charge in [-0.15, -0.1) is 0 Å². The second kappa shape index (κ2) is 7.48. The minimum absolute atomic E-state index is 0.0288. The number of amides is 2. The van der Waals surface area contributed by atoms with Crippen molar-refractivity contribution in [3.05, 3.63) is 35.4 Å². The smallest absolute Gasteiger partial charge is 0.311 e. The maximum Gasteiger partial charge on any atom is 0.311 e. The molecule has 1 aromatic carbocycles. The van der Waals surface area contributed by atoms with Gasteiger partial charge in [0.05, 0.1) is 5.41 Å². The highest BCUT2D eigenvalue weighted by atomic mass is 16.4. The molecule has 2 amide bonds. The van der Waals surface area contributed by atoms with Crippen LogP contribution in [0.5, 0.6) is 0 Å². The molecular formula is C20H28N2O4. The Kier molecular flexibility index (Phi) is 5.74. The number of hydrogen-bond acceptors (Lipinski definition) is 3. The third-order valence-electron chi connectivity index (χ3n) is 4.84. The molecule has 0 radical (unpaired) electrons. The topological polar surface area (TPSA) is 86.7 Å². The second-order valence-corrected chi connectivity index (χ2v) is 8.33. The van der Waals surface area contributed by atoms with Crippen LogP contribution < -0.4 is 5.32 Å². The van der Waals surface area contributed by atoms with E-state index < -0.39 is 16.8 Å². The Morgan fingerprint density at radius 3 is 2.35 bits per heavy atom. The van der Waals surface area contributed by atoms with Gasteiger partial charge in [0.15, 0.2) is 0 Å². The second-order valence-electron chi connectivity index (χ2n) is 8.33. The summed E-state index contributed by atoms with van der Waals surface area (Å²) in [6, 6.07) is 7.09. The molecule has 1 fully saturated rings. The lowest BCUT2D eigenvalue weighted by atomic mass is 9.82. The Bertz CT molecular complexity index is 691. The summed E-state index contributed by atoms with van der Waals surface area (Å²) in [6.45, 7) is 8.46. The van der Waals surface area contributed by atoms with Gasteiger partial charge in [0.1, 0.15) is 0 Å². The van der Waals surface area contributed by atoms with Crippen molar-refractivity contribution in [3.63, 3.8) is 0 Å². The number of nitrogens with one attached hydrogen (secondary N) is 1. The molecule has 6 nitrogen and oxygen atoms in total. The van der Waals surface area contributed by atoms with Crippen LogP contribution in [0.3, 0.4) is 0 Å². The van der Waals surface area contributed by atoms with E-state index in [-0.39, 0.29) is 18.4 Å². The summed E-state index contributed by atoms with van der Waals surface area (Å²) in [5, 5.41) is 12.3. The minimum Gasteiger partial charge on any atom is -0.481 e. The number of aliphatic carboxylic acids is 1. The molecule has 1 aromatic rings. The first-order valence-corrected chi connectivity index (χ1v) is 8.93. The fraction of sp³-hybridized carbons (Fsp3) is 0.550. The van der Waals surface area contributed by atoms with Gasteiger partial charge in [-0.25, -0.2) is 0 Å². The average Bonchev–Trinajstić information content (AvgIpc) is 2.58. The number of likely N-dealkylation sites (tertiary alicyclic amines) is 1. The summed E-state index contributed by atoms with van der Waals surface area (Å²) in [4.78, 5) is 37.7. The van der Waals surface area contributed by atoms with Crippen LogP contribution in [0, 0.1) is 10.8 Å². The number of nitrogens with zero attached hydrogens (tertiary/aromatic N) is 1. The van der Waals surface area contributed by atoms with Gasteiger partial charge in [0, 0.05) is 30.6 Å². The van der Waals surface area contributed by atoms with Crippen LogP contribution in [-0.2, 0) is 16.1 Å². The first-order valence-electron chi connectivity index (χ1n) is 8.93. The van der Waals surface area contributed by atoms with E-state index in [9.17, 15) is 19.5 Å². The van der Waals surface area contributed by atoms with Crippen molar-refractivity contribution < 1.29 is 19.5 Å². The molecule has 0 spiro atoms. The highest BCUT2D eigenvalue weighted by molar-refractivity contribution is 5.94. The molecule has 0 aromatic heterocycles. The maximum atomic E-state index is 12.7. The van der Waals surface area contributed by atoms with E-state index in [1.54, 1.807) is 24.0 Å². The van der Waals surface area contributed by atoms with Gasteiger partial charge in [-0.1, -0.05) is 32.9 Å². The number of rotatable bonds is 4. The number of carboxylic acids is 1. The third-order valence-corrected chi connectivity index (χ3v) is 4.84. The molecule has 1 aliphatic heterocycles. The van der Waals surface area contributed by atoms with Crippen molar-refractivity contribution in [2.75, 3.05) is 13.1 Å². The molecule has 1 aliphatic rings. The normalized spacial score (nSPS) is 20.5. The van der Waals surface area contributed by atoms with Crippen molar-refractivity contribution in [2.45, 2.75) is 47.1 Å². The van der Waals surface area contributed by atoms with Gasteiger partial charge < -0.3 is 15.3 Å². The van der Waals surface area contributed by atoms with Crippen LogP contribution in [0.1, 0.15) is 56.5 Å². The molecule has 142 valence electrons. The average molecular weight is 360 g/mol. The first kappa shape index (κ1) is 19.9. The van der Waals surface area contributed by atoms with Gasteiger partial charge in [-0.05, 0) is 37.5 Å². The molecule has 0 bridgehead atoms. The van der Waals surface area contributed by atoms with Crippen LogP contribution >= 0.6 is 0 Å². The number of carbonyl (C=O) groups excluding carboxylic acids is 2. The number of hydrogen-bond donors (Lipinski definition) is 2. The van der Waals surface area contributed by atoms with E-state index in [0.29, 0.717) is 31.5 Å². The predicted octanol–water partition coefficient (Wildman–Crippen LogP) is 2.68. The van der Waals surface area contributed by atoms with Crippen LogP contribution in [-0.4, -0.2) is 40.9 Å². The molecule has 6 heteroatoms. The van der Waals surface area contributed by atoms with Crippen molar-refractivity contribution >= 4 is 17.8 Å². The zero-order chi connectivity index (χ0) is 19.5. The predicted molar refractivity (Wildman–Crippen MR) is 98.6 cm³/mol. The Morgan fingerprint density at radius 2 is 1.81 bits per heavy atom. The van der Waals surface area contributed by atoms with Gasteiger partial charge in [0.2, 0.25) is 5.91 Å². The third kappa shape index (κ3) is 4.62. The fourth-order valence-corrected chi connectivity index (χ4v) is 2.98. The summed E-state index contributed by atoms with van der Waals surface area (Å²) in [5.41, 5.74) is 0.116. The van der Waals surface area contributed by atoms with E-state index in [4.69, 9.17) is 0 Å². The Morgan fingerprint density at radius 1 is 1.19 bits per heavy atom. The molecule has 2 rings (SSSR count). The number of carbonyl (C=O) groups is 3. The van der Waals surface area contributed by atoms with Crippen molar-refractivity contribution in [1.82, 2.24) is 10.2 Å². The van der Waals surface area contributed by atoms with E-state index in [1.165, 1.54) is 0 Å². The number of benzene rings is 1. The van der Waals surface area contributed by atoms with E-state index in [1.807, 2.05) is 32.9 Å². The summed E-state index contributed by atoms with van der Waals surface area (Å²) >= 11 is 0. The Balaban J connectivity index is 2.00. The van der Waals surface area contributed by atoms with Crippen LogP contribution in [0.2, 0.25) is 0 Å². The summed E-state index contributed by atoms with van der Waals surface area (Å²) in [6.07, 6.45) is 1.27. The van der Waals surface area contributed by atoms with Crippen LogP contribution in [0.15, 0.2) is 24.3 Å². The highest BCUT2D eigenvalue weighted by Gasteiger charge is 2.39. The zero-order valence-corrected chi connectivity index (χ0v) is 16.0. The van der Waals surface area contributed by atoms with Gasteiger partial charge in [-0.3, -0.25) is 14.4 Å². The monoisotopic (exact) mass is 360 g/mol. The van der Waals surface area contributed by atoms with Crippen LogP contribution in [0.4, 0.5) is 0 Å². The Labute approximate surface area is 154 Å². The van der Waals surface area contributed by atoms with Gasteiger partial charge in [-0.2, -0.15) is 0 Å². The lowest BCUT2D eigenvalue weighted by molar-refractivity contribution is -0.150. The van der Waals surface area contributed by atoms with E-state index in [2.05, 4.69) is 5.32 Å². The largest absolute Gasteiger partial charge is 0.481 e. The van der Waals surface area contributed by atoms with Crippen molar-refractivity contribution in [3.8, 4) is 0 Å². The van der Waals surface area contributed by atoms with E-state index >= 15 is 0 Å². The highest BCUT2D eigenvalue weighted by Crippen LogP contribution is 2.30. The van der Waals surface area contributed by atoms with Crippen LogP contribution in [0.25, 0.3) is 0 Å². The molecular weight excluding hydrogens is 332 g/mol. The zero-order valence-electron chi connectivity index (χ0n) is 16.0. The lowest BCUT2D eigenvalue weighted by Gasteiger charge is -2.37. The summed E-state index contributed by atoms with van der Waals surface area (Å²) in [7, 11) is 0. The maximum absolute atomic E-state index is 12.7. The summed E-state index contributed by atoms with van der Waals surface area (Å²) < 4.78 is 0. The lowest BCUT2D eigenvalue weighted by Crippen LogP contribution is -2.48. The van der Waals surface area contributed by atoms with E-state index in [0.717, 1.165) is 5.56 Å². The molecule has 2 N–H and O–H groups in total. The first-order chi connectivity index (χ1) is 12.0. The van der Waals surface area contributed by atoms with Crippen molar-refractivity contribution in [1.29, 1.82) is 0 Å². The molecule has 0 saturated carbocycles. The number of piperidine rings is 1. The Hall–Kier alpha value is -2.37. The van der Waals surface area contributed by atoms with Gasteiger partial charge in [0.25, 0.3) is 5.91 Å². The van der Waals surface area contributed by atoms with Crippen molar-refractivity contribution in [2.24, 2.45) is 10.8 Å². The quantitative estimate of drug-likeness (QED) is 0.864. The molecule has 1 heterocycles. The molecule has 26 heavy (non-hydrogen) atoms. The molecule has 0 aliphatic carbocycles. The number of carboxylic acid groups (broad SMARTS) is 1. The van der Waals surface area contributed by atoms with Gasteiger partial charge >= 0.3 is 5.97 Å². The standard InChI is InChI=1S/C20H28N2O4/c1-19(2,3)17(24)21-12-14-6-8-15(9-7-14)16(23)22-11-5-10-20(4,13-22)18(25)26/h6-9H,5,10-13H2,1-4H3,(H,21,24)(H,25,26).